The van der Waals surface area contributed by atoms with Crippen molar-refractivity contribution in [2.45, 2.75) is 33.6 Å². The standard InChI is InChI=1S/C17H28N2O2/c1-4-7-14-21-16-10-8-15(9-11-16)17(20)18-12-13-19(5-2)6-3/h8-11H,4-7,12-14H2,1-3H3,(H,18,20). The third-order valence-electron chi connectivity index (χ3n) is 3.49. The summed E-state index contributed by atoms with van der Waals surface area (Å²) in [6.07, 6.45) is 2.17. The predicted octanol–water partition coefficient (Wildman–Crippen LogP) is 2.94. The number of nitrogens with one attached hydrogen (secondary N) is 1. The Bertz CT molecular complexity index is 400. The molecule has 4 heteroatoms. The highest BCUT2D eigenvalue weighted by Crippen LogP contribution is 2.12. The predicted molar refractivity (Wildman–Crippen MR) is 87.0 cm³/mol. The van der Waals surface area contributed by atoms with Crippen LogP contribution < -0.4 is 10.1 Å². The maximum absolute atomic E-state index is 12.0. The second-order valence-electron chi connectivity index (χ2n) is 5.01. The highest BCUT2D eigenvalue weighted by Gasteiger charge is 2.06. The van der Waals surface area contributed by atoms with Crippen molar-refractivity contribution in [2.75, 3.05) is 32.8 Å². The fourth-order valence-electron chi connectivity index (χ4n) is 2.01. The third-order valence-corrected chi connectivity index (χ3v) is 3.49. The Morgan fingerprint density at radius 3 is 2.38 bits per heavy atom. The van der Waals surface area contributed by atoms with Crippen LogP contribution in [0.3, 0.4) is 0 Å². The number of likely N-dealkylation sites (N-methyl/N-ethyl adjacent to an activating group) is 1. The van der Waals surface area contributed by atoms with E-state index in [1.165, 1.54) is 0 Å². The summed E-state index contributed by atoms with van der Waals surface area (Å²) in [6, 6.07) is 7.34. The number of carbonyl (C=O) groups excluding carboxylic acids is 1. The minimum Gasteiger partial charge on any atom is -0.494 e. The number of rotatable bonds is 10. The molecule has 0 aliphatic heterocycles. The van der Waals surface area contributed by atoms with Crippen LogP contribution in [0.4, 0.5) is 0 Å². The van der Waals surface area contributed by atoms with Crippen LogP contribution >= 0.6 is 0 Å². The fourth-order valence-corrected chi connectivity index (χ4v) is 2.01. The van der Waals surface area contributed by atoms with Crippen molar-refractivity contribution >= 4 is 5.91 Å². The Morgan fingerprint density at radius 2 is 1.81 bits per heavy atom. The van der Waals surface area contributed by atoms with Crippen LogP contribution in [-0.4, -0.2) is 43.6 Å². The van der Waals surface area contributed by atoms with E-state index in [0.717, 1.165) is 44.8 Å². The summed E-state index contributed by atoms with van der Waals surface area (Å²) in [5, 5.41) is 2.95. The van der Waals surface area contributed by atoms with Crippen molar-refractivity contribution in [3.05, 3.63) is 29.8 Å². The van der Waals surface area contributed by atoms with Crippen molar-refractivity contribution in [2.24, 2.45) is 0 Å². The zero-order chi connectivity index (χ0) is 15.5. The van der Waals surface area contributed by atoms with E-state index in [2.05, 4.69) is 31.0 Å². The van der Waals surface area contributed by atoms with Crippen molar-refractivity contribution < 1.29 is 9.53 Å². The van der Waals surface area contributed by atoms with E-state index in [1.807, 2.05) is 24.3 Å². The van der Waals surface area contributed by atoms with Gasteiger partial charge in [-0.15, -0.1) is 0 Å². The van der Waals surface area contributed by atoms with Gasteiger partial charge in [0.1, 0.15) is 5.75 Å². The Balaban J connectivity index is 2.37. The van der Waals surface area contributed by atoms with Crippen LogP contribution in [0.25, 0.3) is 0 Å². The van der Waals surface area contributed by atoms with Gasteiger partial charge in [0.15, 0.2) is 0 Å². The lowest BCUT2D eigenvalue weighted by Gasteiger charge is -2.17. The van der Waals surface area contributed by atoms with Crippen molar-refractivity contribution in [1.29, 1.82) is 0 Å². The molecule has 0 aliphatic rings. The second-order valence-corrected chi connectivity index (χ2v) is 5.01. The molecule has 0 fully saturated rings. The monoisotopic (exact) mass is 292 g/mol. The summed E-state index contributed by atoms with van der Waals surface area (Å²) in [4.78, 5) is 14.3. The van der Waals surface area contributed by atoms with Crippen LogP contribution in [0.1, 0.15) is 44.0 Å². The van der Waals surface area contributed by atoms with Crippen LogP contribution in [-0.2, 0) is 0 Å². The number of unbranched alkanes of at least 4 members (excludes halogenated alkanes) is 1. The van der Waals surface area contributed by atoms with Crippen LogP contribution in [0.5, 0.6) is 5.75 Å². The van der Waals surface area contributed by atoms with Gasteiger partial charge in [-0.1, -0.05) is 27.2 Å². The lowest BCUT2D eigenvalue weighted by atomic mass is 10.2. The molecule has 0 bridgehead atoms. The lowest BCUT2D eigenvalue weighted by molar-refractivity contribution is 0.0949. The van der Waals surface area contributed by atoms with Gasteiger partial charge in [0.25, 0.3) is 5.91 Å². The first-order chi connectivity index (χ1) is 10.2. The zero-order valence-corrected chi connectivity index (χ0v) is 13.5. The lowest BCUT2D eigenvalue weighted by Crippen LogP contribution is -2.34. The molecule has 0 unspecified atom stereocenters. The van der Waals surface area contributed by atoms with Gasteiger partial charge in [0.05, 0.1) is 6.61 Å². The molecule has 0 saturated carbocycles. The summed E-state index contributed by atoms with van der Waals surface area (Å²) in [5.74, 6) is 0.797. The Hall–Kier alpha value is -1.55. The highest BCUT2D eigenvalue weighted by atomic mass is 16.5. The van der Waals surface area contributed by atoms with Crippen molar-refractivity contribution in [3.8, 4) is 5.75 Å². The summed E-state index contributed by atoms with van der Waals surface area (Å²) >= 11 is 0. The molecule has 0 heterocycles. The van der Waals surface area contributed by atoms with Crippen molar-refractivity contribution in [1.82, 2.24) is 10.2 Å². The van der Waals surface area contributed by atoms with Gasteiger partial charge in [-0.05, 0) is 43.8 Å². The number of amides is 1. The zero-order valence-electron chi connectivity index (χ0n) is 13.5. The number of hydrogen-bond acceptors (Lipinski definition) is 3. The maximum atomic E-state index is 12.0. The maximum Gasteiger partial charge on any atom is 0.251 e. The van der Waals surface area contributed by atoms with Crippen LogP contribution in [0.15, 0.2) is 24.3 Å². The van der Waals surface area contributed by atoms with E-state index in [1.54, 1.807) is 0 Å². The molecule has 0 atom stereocenters. The van der Waals surface area contributed by atoms with Crippen LogP contribution in [0, 0.1) is 0 Å². The summed E-state index contributed by atoms with van der Waals surface area (Å²) in [6.45, 7) is 10.7. The van der Waals surface area contributed by atoms with Gasteiger partial charge in [-0.25, -0.2) is 0 Å². The Kier molecular flexibility index (Phi) is 8.51. The summed E-state index contributed by atoms with van der Waals surface area (Å²) in [7, 11) is 0. The van der Waals surface area contributed by atoms with E-state index >= 15 is 0 Å². The van der Waals surface area contributed by atoms with Gasteiger partial charge in [-0.3, -0.25) is 4.79 Å². The van der Waals surface area contributed by atoms with Gasteiger partial charge >= 0.3 is 0 Å². The second kappa shape index (κ2) is 10.2. The van der Waals surface area contributed by atoms with Gasteiger partial charge in [0.2, 0.25) is 0 Å². The minimum atomic E-state index is -0.0257. The molecular formula is C17H28N2O2. The molecule has 0 saturated heterocycles. The fraction of sp³-hybridized carbons (Fsp3) is 0.588. The average molecular weight is 292 g/mol. The summed E-state index contributed by atoms with van der Waals surface area (Å²) in [5.41, 5.74) is 0.678. The van der Waals surface area contributed by atoms with Gasteiger partial charge < -0.3 is 15.0 Å². The Labute approximate surface area is 128 Å². The topological polar surface area (TPSA) is 41.6 Å². The highest BCUT2D eigenvalue weighted by molar-refractivity contribution is 5.94. The number of nitrogens with zero attached hydrogens (tertiary/aromatic N) is 1. The van der Waals surface area contributed by atoms with Crippen LogP contribution in [0.2, 0.25) is 0 Å². The molecule has 1 N–H and O–H groups in total. The molecular weight excluding hydrogens is 264 g/mol. The molecule has 0 aromatic heterocycles. The molecule has 1 aromatic carbocycles. The van der Waals surface area contributed by atoms with E-state index < -0.39 is 0 Å². The van der Waals surface area contributed by atoms with Gasteiger partial charge in [0, 0.05) is 18.7 Å². The normalized spacial score (nSPS) is 10.7. The molecule has 1 amide bonds. The number of benzene rings is 1. The first-order valence-electron chi connectivity index (χ1n) is 7.94. The molecule has 118 valence electrons. The first kappa shape index (κ1) is 17.5. The van der Waals surface area contributed by atoms with Crippen molar-refractivity contribution in [3.63, 3.8) is 0 Å². The first-order valence-corrected chi connectivity index (χ1v) is 7.94. The van der Waals surface area contributed by atoms with E-state index in [-0.39, 0.29) is 5.91 Å². The molecule has 0 spiro atoms. The molecule has 21 heavy (non-hydrogen) atoms. The third kappa shape index (κ3) is 6.63. The average Bonchev–Trinajstić information content (AvgIpc) is 2.52. The molecule has 0 radical (unpaired) electrons. The quantitative estimate of drug-likeness (QED) is 0.674. The van der Waals surface area contributed by atoms with E-state index in [4.69, 9.17) is 4.74 Å². The van der Waals surface area contributed by atoms with E-state index in [0.29, 0.717) is 12.1 Å². The minimum absolute atomic E-state index is 0.0257. The Morgan fingerprint density at radius 1 is 1.14 bits per heavy atom. The number of hydrogen-bond donors (Lipinski definition) is 1. The summed E-state index contributed by atoms with van der Waals surface area (Å²) < 4.78 is 5.58. The molecule has 0 aliphatic carbocycles. The van der Waals surface area contributed by atoms with E-state index in [9.17, 15) is 4.79 Å². The largest absolute Gasteiger partial charge is 0.494 e. The molecule has 4 nitrogen and oxygen atoms in total. The molecule has 1 aromatic rings. The smallest absolute Gasteiger partial charge is 0.251 e. The van der Waals surface area contributed by atoms with Gasteiger partial charge in [-0.2, -0.15) is 0 Å². The SMILES string of the molecule is CCCCOc1ccc(C(=O)NCCN(CC)CC)cc1. The number of carbonyl (C=O) groups is 1. The number of ether oxygens (including phenoxy) is 1. The molecule has 1 rings (SSSR count).